The Bertz CT molecular complexity index is 789. The van der Waals surface area contributed by atoms with Crippen molar-refractivity contribution in [2.24, 2.45) is 0 Å². The third-order valence-corrected chi connectivity index (χ3v) is 8.97. The van der Waals surface area contributed by atoms with Crippen molar-refractivity contribution in [3.63, 3.8) is 0 Å². The molecule has 25 heavy (non-hydrogen) atoms. The zero-order valence-corrected chi connectivity index (χ0v) is 19.0. The van der Waals surface area contributed by atoms with Crippen molar-refractivity contribution in [2.75, 3.05) is 6.61 Å². The number of halogens is 1. The summed E-state index contributed by atoms with van der Waals surface area (Å²) in [5.74, 6) is 1.01. The van der Waals surface area contributed by atoms with Crippen molar-refractivity contribution in [2.45, 2.75) is 50.7 Å². The molecular formula is C21H29ClOSi2. The largest absolute Gasteiger partial charge is 0.492 e. The monoisotopic (exact) mass is 388 g/mol. The van der Waals surface area contributed by atoms with Crippen molar-refractivity contribution in [3.05, 3.63) is 58.6 Å². The molecule has 0 fully saturated rings. The molecule has 1 aliphatic rings. The van der Waals surface area contributed by atoms with Gasteiger partial charge in [-0.1, -0.05) is 80.3 Å². The predicted molar refractivity (Wildman–Crippen MR) is 115 cm³/mol. The minimum atomic E-state index is -1.48. The highest BCUT2D eigenvalue weighted by Crippen LogP contribution is 2.49. The number of fused-ring (bicyclic) bond motifs is 1. The average Bonchev–Trinajstić information content (AvgIpc) is 2.84. The molecule has 1 unspecified atom stereocenters. The molecule has 0 saturated heterocycles. The first-order chi connectivity index (χ1) is 11.5. The summed E-state index contributed by atoms with van der Waals surface area (Å²) in [6.07, 6.45) is 0. The molecule has 134 valence electrons. The molecule has 0 N–H and O–H groups in total. The zero-order valence-electron chi connectivity index (χ0n) is 16.2. The molecule has 1 heterocycles. The average molecular weight is 389 g/mol. The van der Waals surface area contributed by atoms with Gasteiger partial charge in [-0.3, -0.25) is 0 Å². The molecule has 1 aliphatic heterocycles. The van der Waals surface area contributed by atoms with E-state index < -0.39 is 16.1 Å². The molecule has 0 amide bonds. The lowest BCUT2D eigenvalue weighted by atomic mass is 9.77. The van der Waals surface area contributed by atoms with Gasteiger partial charge in [0.1, 0.15) is 12.4 Å². The maximum atomic E-state index is 6.40. The van der Waals surface area contributed by atoms with Crippen LogP contribution in [0.15, 0.2) is 42.5 Å². The van der Waals surface area contributed by atoms with E-state index in [4.69, 9.17) is 16.3 Å². The number of benzene rings is 2. The topological polar surface area (TPSA) is 9.23 Å². The van der Waals surface area contributed by atoms with E-state index in [-0.39, 0.29) is 5.41 Å². The Labute approximate surface area is 159 Å². The number of ether oxygens (including phenoxy) is 1. The zero-order chi connectivity index (χ0) is 18.5. The molecule has 1 atom stereocenters. The lowest BCUT2D eigenvalue weighted by Crippen LogP contribution is -2.48. The predicted octanol–water partition coefficient (Wildman–Crippen LogP) is 5.90. The molecule has 2 aromatic carbocycles. The Balaban J connectivity index is 2.29. The standard InChI is InChI=1S/C21H29ClOSi2/c1-24(2,3)15-21(14-23-19-12-11-16(22)13-18(19)21)17-9-7-8-10-20(17)25(4,5)6/h7-13H,14-15H2,1-6H3. The van der Waals surface area contributed by atoms with Gasteiger partial charge in [0.25, 0.3) is 0 Å². The van der Waals surface area contributed by atoms with E-state index in [9.17, 15) is 0 Å². The molecule has 3 rings (SSSR count). The Kier molecular flexibility index (Phi) is 4.72. The van der Waals surface area contributed by atoms with E-state index in [1.54, 1.807) is 5.19 Å². The highest BCUT2D eigenvalue weighted by atomic mass is 35.5. The van der Waals surface area contributed by atoms with Crippen molar-refractivity contribution >= 4 is 32.9 Å². The van der Waals surface area contributed by atoms with Crippen LogP contribution < -0.4 is 9.92 Å². The van der Waals surface area contributed by atoms with Gasteiger partial charge in [-0.25, -0.2) is 0 Å². The molecule has 0 radical (unpaired) electrons. The van der Waals surface area contributed by atoms with Crippen molar-refractivity contribution in [3.8, 4) is 5.75 Å². The lowest BCUT2D eigenvalue weighted by Gasteiger charge is -2.38. The Morgan fingerprint density at radius 3 is 2.28 bits per heavy atom. The minimum Gasteiger partial charge on any atom is -0.492 e. The van der Waals surface area contributed by atoms with Gasteiger partial charge in [0.05, 0.1) is 13.5 Å². The Morgan fingerprint density at radius 1 is 0.960 bits per heavy atom. The van der Waals surface area contributed by atoms with Gasteiger partial charge in [-0.05, 0) is 29.8 Å². The summed E-state index contributed by atoms with van der Waals surface area (Å²) in [6.45, 7) is 15.4. The van der Waals surface area contributed by atoms with Gasteiger partial charge < -0.3 is 4.74 Å². The summed E-state index contributed by atoms with van der Waals surface area (Å²) in [5.41, 5.74) is 2.69. The van der Waals surface area contributed by atoms with Gasteiger partial charge >= 0.3 is 0 Å². The quantitative estimate of drug-likeness (QED) is 0.592. The van der Waals surface area contributed by atoms with Crippen LogP contribution in [-0.2, 0) is 5.41 Å². The number of rotatable bonds is 4. The van der Waals surface area contributed by atoms with Gasteiger partial charge in [-0.15, -0.1) is 0 Å². The van der Waals surface area contributed by atoms with Crippen LogP contribution in [0.5, 0.6) is 5.75 Å². The van der Waals surface area contributed by atoms with Crippen LogP contribution >= 0.6 is 11.6 Å². The highest BCUT2D eigenvalue weighted by molar-refractivity contribution is 6.89. The van der Waals surface area contributed by atoms with Crippen molar-refractivity contribution in [1.82, 2.24) is 0 Å². The summed E-state index contributed by atoms with van der Waals surface area (Å²) in [7, 11) is -2.83. The van der Waals surface area contributed by atoms with Crippen molar-refractivity contribution in [1.29, 1.82) is 0 Å². The van der Waals surface area contributed by atoms with E-state index in [2.05, 4.69) is 69.6 Å². The van der Waals surface area contributed by atoms with Gasteiger partial charge in [0.15, 0.2) is 0 Å². The van der Waals surface area contributed by atoms with E-state index in [0.717, 1.165) is 17.4 Å². The first-order valence-corrected chi connectivity index (χ1v) is 16.6. The summed E-state index contributed by atoms with van der Waals surface area (Å²) >= 11 is 6.40. The normalized spacial score (nSPS) is 20.3. The fraction of sp³-hybridized carbons (Fsp3) is 0.429. The van der Waals surface area contributed by atoms with Gasteiger partial charge in [0.2, 0.25) is 0 Å². The molecule has 0 saturated carbocycles. The third kappa shape index (κ3) is 3.60. The lowest BCUT2D eigenvalue weighted by molar-refractivity contribution is 0.302. The van der Waals surface area contributed by atoms with Gasteiger partial charge in [-0.2, -0.15) is 0 Å². The molecule has 0 aliphatic carbocycles. The maximum absolute atomic E-state index is 6.40. The summed E-state index contributed by atoms with van der Waals surface area (Å²) in [5, 5.41) is 2.35. The fourth-order valence-electron chi connectivity index (χ4n) is 4.20. The van der Waals surface area contributed by atoms with Crippen LogP contribution in [0.4, 0.5) is 0 Å². The third-order valence-electron chi connectivity index (χ3n) is 5.01. The molecule has 4 heteroatoms. The van der Waals surface area contributed by atoms with Crippen LogP contribution in [0.3, 0.4) is 0 Å². The maximum Gasteiger partial charge on any atom is 0.123 e. The van der Waals surface area contributed by atoms with Crippen LogP contribution in [0.1, 0.15) is 11.1 Å². The summed E-state index contributed by atoms with van der Waals surface area (Å²) in [6, 6.07) is 16.4. The molecule has 1 nitrogen and oxygen atoms in total. The Morgan fingerprint density at radius 2 is 1.64 bits per heavy atom. The minimum absolute atomic E-state index is 0.0679. The number of hydrogen-bond donors (Lipinski definition) is 0. The molecular weight excluding hydrogens is 360 g/mol. The SMILES string of the molecule is C[Si](C)(C)CC1(c2ccccc2[Si](C)(C)C)COc2ccc(Cl)cc21. The number of hydrogen-bond acceptors (Lipinski definition) is 1. The Hall–Kier alpha value is -1.04. The van der Waals surface area contributed by atoms with E-state index in [0.29, 0.717) is 0 Å². The van der Waals surface area contributed by atoms with E-state index in [1.807, 2.05) is 12.1 Å². The van der Waals surface area contributed by atoms with Gasteiger partial charge in [0, 0.05) is 18.7 Å². The summed E-state index contributed by atoms with van der Waals surface area (Å²) in [4.78, 5) is 0. The second-order valence-electron chi connectivity index (χ2n) is 9.54. The van der Waals surface area contributed by atoms with Crippen molar-refractivity contribution < 1.29 is 4.74 Å². The second-order valence-corrected chi connectivity index (χ2v) is 20.5. The first kappa shape index (κ1) is 18.7. The molecule has 0 bridgehead atoms. The summed E-state index contributed by atoms with van der Waals surface area (Å²) < 4.78 is 6.22. The highest BCUT2D eigenvalue weighted by Gasteiger charge is 2.47. The van der Waals surface area contributed by atoms with Crippen LogP contribution in [0, 0.1) is 0 Å². The van der Waals surface area contributed by atoms with Crippen LogP contribution in [-0.4, -0.2) is 22.8 Å². The van der Waals surface area contributed by atoms with Crippen LogP contribution in [0.2, 0.25) is 50.3 Å². The van der Waals surface area contributed by atoms with Crippen LogP contribution in [0.25, 0.3) is 0 Å². The van der Waals surface area contributed by atoms with E-state index in [1.165, 1.54) is 17.2 Å². The molecule has 2 aromatic rings. The molecule has 0 spiro atoms. The first-order valence-electron chi connectivity index (χ1n) is 9.06. The fourth-order valence-corrected chi connectivity index (χ4v) is 8.40. The second kappa shape index (κ2) is 6.29. The van der Waals surface area contributed by atoms with E-state index >= 15 is 0 Å². The smallest absolute Gasteiger partial charge is 0.123 e. The molecule has 0 aromatic heterocycles.